The molecule has 2 aromatic rings. The Balaban J connectivity index is 2.16. The van der Waals surface area contributed by atoms with Gasteiger partial charge in [0.1, 0.15) is 6.29 Å². The van der Waals surface area contributed by atoms with Gasteiger partial charge >= 0.3 is 0 Å². The van der Waals surface area contributed by atoms with Crippen LogP contribution in [0.15, 0.2) is 42.5 Å². The summed E-state index contributed by atoms with van der Waals surface area (Å²) in [5, 5.41) is 4.89. The molecular formula is C17H19NO2. The van der Waals surface area contributed by atoms with Crippen molar-refractivity contribution < 1.29 is 9.59 Å². The predicted molar refractivity (Wildman–Crippen MR) is 80.7 cm³/mol. The second-order valence-corrected chi connectivity index (χ2v) is 5.41. The van der Waals surface area contributed by atoms with Crippen molar-refractivity contribution in [1.82, 2.24) is 5.32 Å². The Morgan fingerprint density at radius 3 is 2.50 bits per heavy atom. The average Bonchev–Trinajstić information content (AvgIpc) is 2.45. The van der Waals surface area contributed by atoms with Gasteiger partial charge in [0.2, 0.25) is 0 Å². The number of aldehydes is 1. The normalized spacial score (nSPS) is 12.3. The number of carbonyl (C=O) groups is 2. The molecule has 0 radical (unpaired) electrons. The molecule has 1 atom stereocenters. The standard InChI is InChI=1S/C17H19NO2/c1-12(2)9-16(11-19)18-17(20)15-8-7-13-5-3-4-6-14(13)10-15/h3-8,10-12,16H,9H2,1-2H3,(H,18,20)/t16-/m0/s1. The van der Waals surface area contributed by atoms with Crippen LogP contribution in [0.3, 0.4) is 0 Å². The maximum Gasteiger partial charge on any atom is 0.251 e. The number of benzene rings is 2. The van der Waals surface area contributed by atoms with E-state index in [1.807, 2.05) is 50.2 Å². The SMILES string of the molecule is CC(C)C[C@@H](C=O)NC(=O)c1ccc2ccccc2c1. The van der Waals surface area contributed by atoms with E-state index in [0.717, 1.165) is 17.1 Å². The Morgan fingerprint density at radius 1 is 1.15 bits per heavy atom. The number of hydrogen-bond donors (Lipinski definition) is 1. The minimum Gasteiger partial charge on any atom is -0.343 e. The highest BCUT2D eigenvalue weighted by Crippen LogP contribution is 2.15. The average molecular weight is 269 g/mol. The van der Waals surface area contributed by atoms with Crippen LogP contribution in [0.5, 0.6) is 0 Å². The first-order valence-electron chi connectivity index (χ1n) is 6.85. The largest absolute Gasteiger partial charge is 0.343 e. The number of nitrogens with one attached hydrogen (secondary N) is 1. The van der Waals surface area contributed by atoms with Crippen LogP contribution in [-0.4, -0.2) is 18.2 Å². The molecule has 104 valence electrons. The first kappa shape index (κ1) is 14.3. The number of amides is 1. The van der Waals surface area contributed by atoms with Crippen molar-refractivity contribution in [1.29, 1.82) is 0 Å². The van der Waals surface area contributed by atoms with Gasteiger partial charge in [-0.1, -0.05) is 44.2 Å². The minimum atomic E-state index is -0.422. The van der Waals surface area contributed by atoms with E-state index in [1.165, 1.54) is 0 Å². The molecule has 20 heavy (non-hydrogen) atoms. The third-order valence-corrected chi connectivity index (χ3v) is 3.22. The van der Waals surface area contributed by atoms with E-state index in [0.29, 0.717) is 17.9 Å². The van der Waals surface area contributed by atoms with Gasteiger partial charge in [0.05, 0.1) is 6.04 Å². The van der Waals surface area contributed by atoms with Crippen molar-refractivity contribution in [2.75, 3.05) is 0 Å². The minimum absolute atomic E-state index is 0.200. The number of rotatable bonds is 5. The molecule has 0 aliphatic rings. The van der Waals surface area contributed by atoms with Crippen LogP contribution in [0.2, 0.25) is 0 Å². The van der Waals surface area contributed by atoms with Crippen molar-refractivity contribution in [3.8, 4) is 0 Å². The maximum absolute atomic E-state index is 12.2. The van der Waals surface area contributed by atoms with Crippen LogP contribution in [0, 0.1) is 5.92 Å². The van der Waals surface area contributed by atoms with Gasteiger partial charge in [-0.05, 0) is 35.2 Å². The molecule has 0 fully saturated rings. The zero-order valence-corrected chi connectivity index (χ0v) is 11.8. The quantitative estimate of drug-likeness (QED) is 0.847. The monoisotopic (exact) mass is 269 g/mol. The highest BCUT2D eigenvalue weighted by Gasteiger charge is 2.14. The third kappa shape index (κ3) is 3.44. The summed E-state index contributed by atoms with van der Waals surface area (Å²) in [7, 11) is 0. The Morgan fingerprint density at radius 2 is 1.85 bits per heavy atom. The molecule has 0 bridgehead atoms. The van der Waals surface area contributed by atoms with Gasteiger partial charge in [0, 0.05) is 5.56 Å². The van der Waals surface area contributed by atoms with Crippen LogP contribution in [0.1, 0.15) is 30.6 Å². The molecule has 0 aliphatic heterocycles. The molecule has 1 amide bonds. The Labute approximate surface area is 119 Å². The number of hydrogen-bond acceptors (Lipinski definition) is 2. The summed E-state index contributed by atoms with van der Waals surface area (Å²) >= 11 is 0. The smallest absolute Gasteiger partial charge is 0.251 e. The molecule has 2 rings (SSSR count). The van der Waals surface area contributed by atoms with E-state index in [2.05, 4.69) is 5.32 Å². The van der Waals surface area contributed by atoms with E-state index in [-0.39, 0.29) is 5.91 Å². The Bertz CT molecular complexity index is 619. The van der Waals surface area contributed by atoms with Gasteiger partial charge in [-0.2, -0.15) is 0 Å². The summed E-state index contributed by atoms with van der Waals surface area (Å²) < 4.78 is 0. The molecule has 0 aromatic heterocycles. The second kappa shape index (κ2) is 6.33. The fourth-order valence-corrected chi connectivity index (χ4v) is 2.24. The molecule has 3 heteroatoms. The molecule has 0 saturated carbocycles. The highest BCUT2D eigenvalue weighted by atomic mass is 16.2. The van der Waals surface area contributed by atoms with Gasteiger partial charge < -0.3 is 10.1 Å². The van der Waals surface area contributed by atoms with E-state index < -0.39 is 6.04 Å². The lowest BCUT2D eigenvalue weighted by molar-refractivity contribution is -0.109. The molecular weight excluding hydrogens is 250 g/mol. The molecule has 3 nitrogen and oxygen atoms in total. The molecule has 0 heterocycles. The van der Waals surface area contributed by atoms with Crippen LogP contribution in [-0.2, 0) is 4.79 Å². The van der Waals surface area contributed by atoms with Crippen LogP contribution >= 0.6 is 0 Å². The topological polar surface area (TPSA) is 46.2 Å². The molecule has 0 aliphatic carbocycles. The van der Waals surface area contributed by atoms with Gasteiger partial charge in [0.15, 0.2) is 0 Å². The molecule has 0 saturated heterocycles. The summed E-state index contributed by atoms with van der Waals surface area (Å²) in [4.78, 5) is 23.2. The molecule has 0 unspecified atom stereocenters. The van der Waals surface area contributed by atoms with E-state index >= 15 is 0 Å². The fraction of sp³-hybridized carbons (Fsp3) is 0.294. The predicted octanol–water partition coefficient (Wildman–Crippen LogP) is 3.18. The van der Waals surface area contributed by atoms with Crippen molar-refractivity contribution >= 4 is 23.0 Å². The zero-order valence-electron chi connectivity index (χ0n) is 11.8. The Kier molecular flexibility index (Phi) is 4.51. The van der Waals surface area contributed by atoms with Crippen molar-refractivity contribution in [2.24, 2.45) is 5.92 Å². The summed E-state index contributed by atoms with van der Waals surface area (Å²) in [6.45, 7) is 4.05. The van der Waals surface area contributed by atoms with E-state index in [1.54, 1.807) is 6.07 Å². The molecule has 0 spiro atoms. The lowest BCUT2D eigenvalue weighted by Gasteiger charge is -2.15. The summed E-state index contributed by atoms with van der Waals surface area (Å²) in [6, 6.07) is 13.0. The molecule has 2 aromatic carbocycles. The Hall–Kier alpha value is -2.16. The number of carbonyl (C=O) groups excluding carboxylic acids is 2. The van der Waals surface area contributed by atoms with Crippen molar-refractivity contribution in [3.05, 3.63) is 48.0 Å². The van der Waals surface area contributed by atoms with E-state index in [4.69, 9.17) is 0 Å². The first-order valence-corrected chi connectivity index (χ1v) is 6.85. The summed E-state index contributed by atoms with van der Waals surface area (Å²) in [6.07, 6.45) is 1.46. The second-order valence-electron chi connectivity index (χ2n) is 5.41. The first-order chi connectivity index (χ1) is 9.60. The van der Waals surface area contributed by atoms with Crippen molar-refractivity contribution in [3.63, 3.8) is 0 Å². The zero-order chi connectivity index (χ0) is 14.5. The molecule has 1 N–H and O–H groups in total. The lowest BCUT2D eigenvalue weighted by Crippen LogP contribution is -2.36. The lowest BCUT2D eigenvalue weighted by atomic mass is 10.0. The maximum atomic E-state index is 12.2. The third-order valence-electron chi connectivity index (χ3n) is 3.22. The number of fused-ring (bicyclic) bond motifs is 1. The van der Waals surface area contributed by atoms with Crippen LogP contribution in [0.4, 0.5) is 0 Å². The fourth-order valence-electron chi connectivity index (χ4n) is 2.24. The van der Waals surface area contributed by atoms with Crippen molar-refractivity contribution in [2.45, 2.75) is 26.3 Å². The van der Waals surface area contributed by atoms with E-state index in [9.17, 15) is 9.59 Å². The van der Waals surface area contributed by atoms with Gasteiger partial charge in [-0.15, -0.1) is 0 Å². The van der Waals surface area contributed by atoms with Crippen LogP contribution in [0.25, 0.3) is 10.8 Å². The summed E-state index contributed by atoms with van der Waals surface area (Å²) in [5.41, 5.74) is 0.583. The van der Waals surface area contributed by atoms with Gasteiger partial charge in [0.25, 0.3) is 5.91 Å². The van der Waals surface area contributed by atoms with Crippen LogP contribution < -0.4 is 5.32 Å². The summed E-state index contributed by atoms with van der Waals surface area (Å²) in [5.74, 6) is 0.163. The van der Waals surface area contributed by atoms with Gasteiger partial charge in [-0.3, -0.25) is 4.79 Å². The van der Waals surface area contributed by atoms with Gasteiger partial charge in [-0.25, -0.2) is 0 Å². The highest BCUT2D eigenvalue weighted by molar-refractivity contribution is 5.99.